The zero-order chi connectivity index (χ0) is 22.4. The molecule has 0 bridgehead atoms. The number of hydrazone groups is 1. The van der Waals surface area contributed by atoms with Crippen molar-refractivity contribution in [2.75, 3.05) is 11.1 Å². The van der Waals surface area contributed by atoms with Crippen molar-refractivity contribution in [3.8, 4) is 5.69 Å². The molecule has 3 aromatic rings. The number of rotatable bonds is 3. The van der Waals surface area contributed by atoms with Crippen molar-refractivity contribution in [1.29, 1.82) is 0 Å². The van der Waals surface area contributed by atoms with Crippen molar-refractivity contribution in [2.45, 2.75) is 19.8 Å². The molecular formula is C23H23ClN6O2S. The van der Waals surface area contributed by atoms with E-state index < -0.39 is 0 Å². The molecule has 5 rings (SSSR count). The first kappa shape index (κ1) is 22.9. The molecule has 1 amide bonds. The maximum atomic E-state index is 13.1. The van der Waals surface area contributed by atoms with Gasteiger partial charge in [-0.25, -0.2) is 9.67 Å². The molecule has 0 saturated heterocycles. The number of hydrogen-bond acceptors (Lipinski definition) is 5. The molecule has 0 fully saturated rings. The number of anilines is 1. The molecule has 1 aromatic heterocycles. The number of para-hydroxylation sites is 1. The zero-order valence-corrected chi connectivity index (χ0v) is 20.0. The summed E-state index contributed by atoms with van der Waals surface area (Å²) in [6, 6.07) is 15.4. The van der Waals surface area contributed by atoms with Crippen LogP contribution in [0.25, 0.3) is 5.69 Å². The summed E-state index contributed by atoms with van der Waals surface area (Å²) in [6.45, 7) is 3.78. The predicted octanol–water partition coefficient (Wildman–Crippen LogP) is 3.69. The van der Waals surface area contributed by atoms with Crippen molar-refractivity contribution in [3.63, 3.8) is 0 Å². The van der Waals surface area contributed by atoms with E-state index in [0.29, 0.717) is 16.6 Å². The van der Waals surface area contributed by atoms with Crippen LogP contribution in [-0.2, 0) is 11.8 Å². The quantitative estimate of drug-likeness (QED) is 0.595. The fourth-order valence-corrected chi connectivity index (χ4v) is 4.67. The topological polar surface area (TPSA) is 92.8 Å². The zero-order valence-electron chi connectivity index (χ0n) is 18.3. The molecule has 8 nitrogen and oxygen atoms in total. The minimum atomic E-state index is -0.175. The number of amidine groups is 1. The van der Waals surface area contributed by atoms with Gasteiger partial charge in [0.1, 0.15) is 0 Å². The number of halogens is 1. The summed E-state index contributed by atoms with van der Waals surface area (Å²) in [5.74, 6) is 0.461. The largest absolute Gasteiger partial charge is 0.325 e. The van der Waals surface area contributed by atoms with Gasteiger partial charge in [0.2, 0.25) is 5.91 Å². The third-order valence-electron chi connectivity index (χ3n) is 5.87. The van der Waals surface area contributed by atoms with Gasteiger partial charge in [-0.3, -0.25) is 19.7 Å². The Morgan fingerprint density at radius 1 is 1.15 bits per heavy atom. The van der Waals surface area contributed by atoms with Crippen molar-refractivity contribution in [1.82, 2.24) is 14.8 Å². The van der Waals surface area contributed by atoms with Crippen LogP contribution in [0.2, 0.25) is 0 Å². The van der Waals surface area contributed by atoms with E-state index in [2.05, 4.69) is 20.8 Å². The van der Waals surface area contributed by atoms with Gasteiger partial charge in [0.05, 0.1) is 23.0 Å². The molecule has 1 atom stereocenters. The Kier molecular flexibility index (Phi) is 6.18. The number of aliphatic imine (C=N–C) groups is 1. The van der Waals surface area contributed by atoms with Gasteiger partial charge in [-0.1, -0.05) is 36.0 Å². The second-order valence-corrected chi connectivity index (χ2v) is 8.76. The smallest absolute Gasteiger partial charge is 0.297 e. The van der Waals surface area contributed by atoms with E-state index in [4.69, 9.17) is 0 Å². The monoisotopic (exact) mass is 482 g/mol. The number of nitrogens with zero attached hydrogens (tertiary/aromatic N) is 4. The summed E-state index contributed by atoms with van der Waals surface area (Å²) in [6.07, 6.45) is 0. The maximum Gasteiger partial charge on any atom is 0.297 e. The molecule has 2 aromatic carbocycles. The summed E-state index contributed by atoms with van der Waals surface area (Å²) in [5.41, 5.74) is 8.45. The van der Waals surface area contributed by atoms with E-state index in [0.717, 1.165) is 33.9 Å². The second-order valence-electron chi connectivity index (χ2n) is 7.80. The number of thioether (sulfide) groups is 1. The number of amides is 1. The lowest BCUT2D eigenvalue weighted by atomic mass is 9.99. The van der Waals surface area contributed by atoms with Crippen molar-refractivity contribution in [3.05, 3.63) is 75.7 Å². The lowest BCUT2D eigenvalue weighted by Gasteiger charge is -2.15. The van der Waals surface area contributed by atoms with Gasteiger partial charge < -0.3 is 5.32 Å². The summed E-state index contributed by atoms with van der Waals surface area (Å²) in [4.78, 5) is 29.6. The third-order valence-corrected chi connectivity index (χ3v) is 6.75. The summed E-state index contributed by atoms with van der Waals surface area (Å²) in [7, 11) is 1.85. The average Bonchev–Trinajstić information content (AvgIpc) is 3.21. The second kappa shape index (κ2) is 8.92. The Labute approximate surface area is 201 Å². The van der Waals surface area contributed by atoms with Crippen LogP contribution in [0.4, 0.5) is 11.4 Å². The van der Waals surface area contributed by atoms with Crippen LogP contribution < -0.4 is 16.3 Å². The van der Waals surface area contributed by atoms with E-state index >= 15 is 0 Å². The summed E-state index contributed by atoms with van der Waals surface area (Å²) in [5, 5.41) is 7.95. The highest BCUT2D eigenvalue weighted by atomic mass is 35.5. The molecule has 0 radical (unpaired) electrons. The molecule has 170 valence electrons. The van der Waals surface area contributed by atoms with Crippen LogP contribution in [0.15, 0.2) is 63.4 Å². The Morgan fingerprint density at radius 2 is 1.91 bits per heavy atom. The van der Waals surface area contributed by atoms with Crippen LogP contribution >= 0.6 is 24.2 Å². The van der Waals surface area contributed by atoms with Crippen molar-refractivity contribution >= 4 is 52.3 Å². The standard InChI is InChI=1S/C23H22N6O2S.ClH/c1-13-17-11-15(9-10-18(17)24-21(13)30)19-12-32-23(27-26-19)25-20-14(2)28(3)29(22(20)31)16-7-5-4-6-8-16;/h4-11,13H,12H2,1-3H3,(H,24,30)(H,25,27);1H. The summed E-state index contributed by atoms with van der Waals surface area (Å²) >= 11 is 1.49. The van der Waals surface area contributed by atoms with Crippen LogP contribution in [0.1, 0.15) is 29.7 Å². The minimum Gasteiger partial charge on any atom is -0.325 e. The maximum absolute atomic E-state index is 13.1. The average molecular weight is 483 g/mol. The molecule has 3 heterocycles. The van der Waals surface area contributed by atoms with E-state index in [-0.39, 0.29) is 29.8 Å². The molecule has 0 aliphatic carbocycles. The van der Waals surface area contributed by atoms with Gasteiger partial charge in [-0.2, -0.15) is 5.10 Å². The van der Waals surface area contributed by atoms with Crippen molar-refractivity contribution < 1.29 is 4.79 Å². The number of fused-ring (bicyclic) bond motifs is 1. The van der Waals surface area contributed by atoms with Gasteiger partial charge in [0, 0.05) is 18.5 Å². The Hall–Kier alpha value is -3.30. The molecule has 0 saturated carbocycles. The van der Waals surface area contributed by atoms with E-state index in [1.165, 1.54) is 11.8 Å². The van der Waals surface area contributed by atoms with E-state index in [9.17, 15) is 9.59 Å². The molecule has 1 unspecified atom stereocenters. The highest BCUT2D eigenvalue weighted by molar-refractivity contribution is 8.14. The number of carbonyl (C=O) groups excluding carboxylic acids is 1. The van der Waals surface area contributed by atoms with Gasteiger partial charge in [0.25, 0.3) is 5.56 Å². The van der Waals surface area contributed by atoms with Crippen LogP contribution in [0.3, 0.4) is 0 Å². The third kappa shape index (κ3) is 3.98. The van der Waals surface area contributed by atoms with Gasteiger partial charge in [0.15, 0.2) is 10.9 Å². The van der Waals surface area contributed by atoms with E-state index in [1.54, 1.807) is 9.36 Å². The van der Waals surface area contributed by atoms with Crippen LogP contribution in [0.5, 0.6) is 0 Å². The Bertz CT molecular complexity index is 1360. The highest BCUT2D eigenvalue weighted by Crippen LogP contribution is 2.33. The molecule has 0 spiro atoms. The first-order valence-corrected chi connectivity index (χ1v) is 11.3. The molecule has 33 heavy (non-hydrogen) atoms. The van der Waals surface area contributed by atoms with Crippen LogP contribution in [-0.4, -0.2) is 31.9 Å². The Balaban J connectivity index is 0.00000259. The predicted molar refractivity (Wildman–Crippen MR) is 136 cm³/mol. The minimum absolute atomic E-state index is 0. The molecule has 2 aliphatic heterocycles. The fourth-order valence-electron chi connectivity index (χ4n) is 3.90. The summed E-state index contributed by atoms with van der Waals surface area (Å²) < 4.78 is 3.41. The number of nitrogens with one attached hydrogen (secondary N) is 2. The van der Waals surface area contributed by atoms with Gasteiger partial charge in [-0.05, 0) is 49.2 Å². The fraction of sp³-hybridized carbons (Fsp3) is 0.217. The van der Waals surface area contributed by atoms with Gasteiger partial charge in [-0.15, -0.1) is 12.4 Å². The molecule has 10 heteroatoms. The number of carbonyl (C=O) groups is 1. The van der Waals surface area contributed by atoms with Gasteiger partial charge >= 0.3 is 0 Å². The molecule has 2 aliphatic rings. The van der Waals surface area contributed by atoms with E-state index in [1.807, 2.05) is 69.4 Å². The Morgan fingerprint density at radius 3 is 2.61 bits per heavy atom. The first-order chi connectivity index (χ1) is 15.4. The van der Waals surface area contributed by atoms with Crippen molar-refractivity contribution in [2.24, 2.45) is 17.1 Å². The number of hydrogen-bond donors (Lipinski definition) is 2. The highest BCUT2D eigenvalue weighted by Gasteiger charge is 2.27. The lowest BCUT2D eigenvalue weighted by Crippen LogP contribution is -2.25. The number of aromatic nitrogens is 2. The lowest BCUT2D eigenvalue weighted by molar-refractivity contribution is -0.116. The molecule has 2 N–H and O–H groups in total. The van der Waals surface area contributed by atoms with Crippen LogP contribution in [0, 0.1) is 6.92 Å². The number of benzene rings is 2. The molecular weight excluding hydrogens is 460 g/mol. The first-order valence-electron chi connectivity index (χ1n) is 10.3. The SMILES string of the molecule is Cc1c(N=C2NN=C(c3ccc4c(c3)C(C)C(=O)N4)CS2)c(=O)n(-c2ccccc2)n1C.Cl. The normalized spacial score (nSPS) is 18.3.